The molecular weight excluding hydrogens is 282 g/mol. The Balaban J connectivity index is 1.78. The van der Waals surface area contributed by atoms with Crippen molar-refractivity contribution < 1.29 is 20.1 Å². The number of aliphatic hydroxyl groups is 1. The number of benzene rings is 2. The summed E-state index contributed by atoms with van der Waals surface area (Å²) >= 11 is 0. The second-order valence-electron chi connectivity index (χ2n) is 5.07. The van der Waals surface area contributed by atoms with Crippen LogP contribution in [0.15, 0.2) is 42.5 Å². The highest BCUT2D eigenvalue weighted by Crippen LogP contribution is 2.26. The number of aromatic hydroxyl groups is 2. The van der Waals surface area contributed by atoms with Crippen molar-refractivity contribution in [3.05, 3.63) is 53.6 Å². The summed E-state index contributed by atoms with van der Waals surface area (Å²) in [6.07, 6.45) is 0.147. The van der Waals surface area contributed by atoms with Crippen LogP contribution in [0.5, 0.6) is 17.2 Å². The van der Waals surface area contributed by atoms with Gasteiger partial charge in [0.05, 0.1) is 13.2 Å². The number of nitrogens with one attached hydrogen (secondary N) is 1. The van der Waals surface area contributed by atoms with Gasteiger partial charge in [0.2, 0.25) is 0 Å². The quantitative estimate of drug-likeness (QED) is 0.588. The lowest BCUT2D eigenvalue weighted by atomic mass is 10.1. The summed E-state index contributed by atoms with van der Waals surface area (Å²) in [5, 5.41) is 32.0. The van der Waals surface area contributed by atoms with Gasteiger partial charge in [-0.2, -0.15) is 0 Å². The van der Waals surface area contributed by atoms with E-state index in [4.69, 9.17) is 4.74 Å². The average molecular weight is 303 g/mol. The summed E-state index contributed by atoms with van der Waals surface area (Å²) in [7, 11) is 1.52. The second-order valence-corrected chi connectivity index (χ2v) is 5.07. The maximum atomic E-state index is 10.0. The molecule has 5 heteroatoms. The second kappa shape index (κ2) is 7.68. The topological polar surface area (TPSA) is 82.0 Å². The van der Waals surface area contributed by atoms with E-state index < -0.39 is 6.10 Å². The zero-order chi connectivity index (χ0) is 15.9. The Hall–Kier alpha value is -2.24. The predicted octanol–water partition coefficient (Wildman–Crippen LogP) is 1.97. The number of phenols is 2. The lowest BCUT2D eigenvalue weighted by molar-refractivity contribution is 0.175. The first-order valence-electron chi connectivity index (χ1n) is 7.13. The fourth-order valence-electron chi connectivity index (χ4n) is 2.16. The average Bonchev–Trinajstić information content (AvgIpc) is 2.53. The lowest BCUT2D eigenvalue weighted by Gasteiger charge is -2.12. The van der Waals surface area contributed by atoms with E-state index in [-0.39, 0.29) is 11.5 Å². The zero-order valence-electron chi connectivity index (χ0n) is 12.5. The molecule has 0 amide bonds. The van der Waals surface area contributed by atoms with Crippen molar-refractivity contribution in [2.75, 3.05) is 20.2 Å². The molecule has 0 heterocycles. The lowest BCUT2D eigenvalue weighted by Crippen LogP contribution is -2.23. The van der Waals surface area contributed by atoms with Gasteiger partial charge >= 0.3 is 0 Å². The normalized spacial score (nSPS) is 12.1. The van der Waals surface area contributed by atoms with Gasteiger partial charge < -0.3 is 25.4 Å². The molecule has 0 fully saturated rings. The van der Waals surface area contributed by atoms with Crippen molar-refractivity contribution in [3.63, 3.8) is 0 Å². The molecule has 0 aliphatic rings. The van der Waals surface area contributed by atoms with Gasteiger partial charge in [0, 0.05) is 6.54 Å². The van der Waals surface area contributed by atoms with Crippen molar-refractivity contribution in [2.24, 2.45) is 0 Å². The van der Waals surface area contributed by atoms with Crippen LogP contribution < -0.4 is 10.1 Å². The molecule has 0 bridgehead atoms. The molecule has 4 N–H and O–H groups in total. The third-order valence-corrected chi connectivity index (χ3v) is 3.45. The molecule has 0 aliphatic heterocycles. The summed E-state index contributed by atoms with van der Waals surface area (Å²) in [4.78, 5) is 0. The molecule has 5 nitrogen and oxygen atoms in total. The van der Waals surface area contributed by atoms with Crippen LogP contribution in [0.25, 0.3) is 0 Å². The molecule has 1 atom stereocenters. The molecule has 0 aromatic heterocycles. The van der Waals surface area contributed by atoms with Crippen LogP contribution in [0, 0.1) is 0 Å². The SMILES string of the molecule is COc1cc(CCNC[C@H](O)c2ccc(O)cc2)ccc1O. The number of ether oxygens (including phenoxy) is 1. The first kappa shape index (κ1) is 16.1. The maximum Gasteiger partial charge on any atom is 0.160 e. The van der Waals surface area contributed by atoms with Crippen LogP contribution in [-0.4, -0.2) is 35.5 Å². The van der Waals surface area contributed by atoms with Crippen LogP contribution in [0.3, 0.4) is 0 Å². The van der Waals surface area contributed by atoms with Gasteiger partial charge in [0.1, 0.15) is 5.75 Å². The minimum Gasteiger partial charge on any atom is -0.508 e. The molecule has 2 aromatic carbocycles. The van der Waals surface area contributed by atoms with E-state index in [1.165, 1.54) is 7.11 Å². The van der Waals surface area contributed by atoms with Crippen LogP contribution >= 0.6 is 0 Å². The summed E-state index contributed by atoms with van der Waals surface area (Å²) in [6.45, 7) is 1.13. The number of rotatable bonds is 7. The van der Waals surface area contributed by atoms with E-state index in [0.717, 1.165) is 17.5 Å². The smallest absolute Gasteiger partial charge is 0.160 e. The van der Waals surface area contributed by atoms with Gasteiger partial charge in [-0.05, 0) is 48.4 Å². The minimum atomic E-state index is -0.616. The van der Waals surface area contributed by atoms with Crippen LogP contribution in [-0.2, 0) is 6.42 Å². The summed E-state index contributed by atoms with van der Waals surface area (Å²) in [5.74, 6) is 0.772. The number of hydrogen-bond donors (Lipinski definition) is 4. The molecule has 0 spiro atoms. The van der Waals surface area contributed by atoms with Crippen molar-refractivity contribution in [1.82, 2.24) is 5.32 Å². The molecule has 0 saturated carbocycles. The molecule has 2 rings (SSSR count). The van der Waals surface area contributed by atoms with Crippen molar-refractivity contribution >= 4 is 0 Å². The van der Waals surface area contributed by atoms with Gasteiger partial charge in [-0.3, -0.25) is 0 Å². The monoisotopic (exact) mass is 303 g/mol. The Labute approximate surface area is 129 Å². The Morgan fingerprint density at radius 1 is 1.09 bits per heavy atom. The number of hydrogen-bond acceptors (Lipinski definition) is 5. The molecular formula is C17H21NO4. The molecule has 0 radical (unpaired) electrons. The van der Waals surface area contributed by atoms with E-state index in [1.807, 2.05) is 6.07 Å². The summed E-state index contributed by atoms with van der Waals surface area (Å²) in [6, 6.07) is 11.8. The molecule has 0 aliphatic carbocycles. The fourth-order valence-corrected chi connectivity index (χ4v) is 2.16. The van der Waals surface area contributed by atoms with Crippen molar-refractivity contribution in [2.45, 2.75) is 12.5 Å². The molecule has 0 saturated heterocycles. The number of methoxy groups -OCH3 is 1. The highest BCUT2D eigenvalue weighted by molar-refractivity contribution is 5.41. The number of aliphatic hydroxyl groups excluding tert-OH is 1. The maximum absolute atomic E-state index is 10.0. The van der Waals surface area contributed by atoms with E-state index in [0.29, 0.717) is 18.8 Å². The highest BCUT2D eigenvalue weighted by Gasteiger charge is 2.07. The van der Waals surface area contributed by atoms with Gasteiger partial charge in [0.25, 0.3) is 0 Å². The Kier molecular flexibility index (Phi) is 5.63. The highest BCUT2D eigenvalue weighted by atomic mass is 16.5. The van der Waals surface area contributed by atoms with E-state index >= 15 is 0 Å². The van der Waals surface area contributed by atoms with Crippen LogP contribution in [0.1, 0.15) is 17.2 Å². The van der Waals surface area contributed by atoms with Gasteiger partial charge in [-0.15, -0.1) is 0 Å². The van der Waals surface area contributed by atoms with Crippen molar-refractivity contribution in [1.29, 1.82) is 0 Å². The Bertz CT molecular complexity index is 598. The minimum absolute atomic E-state index is 0.127. The predicted molar refractivity (Wildman–Crippen MR) is 84.3 cm³/mol. The third-order valence-electron chi connectivity index (χ3n) is 3.45. The van der Waals surface area contributed by atoms with Gasteiger partial charge in [-0.1, -0.05) is 18.2 Å². The molecule has 2 aromatic rings. The third kappa shape index (κ3) is 4.38. The fraction of sp³-hybridized carbons (Fsp3) is 0.294. The Morgan fingerprint density at radius 3 is 2.50 bits per heavy atom. The summed E-state index contributed by atoms with van der Waals surface area (Å²) < 4.78 is 5.07. The number of phenolic OH excluding ortho intramolecular Hbond substituents is 2. The summed E-state index contributed by atoms with van der Waals surface area (Å²) in [5.41, 5.74) is 1.80. The van der Waals surface area contributed by atoms with Crippen molar-refractivity contribution in [3.8, 4) is 17.2 Å². The van der Waals surface area contributed by atoms with Crippen LogP contribution in [0.4, 0.5) is 0 Å². The van der Waals surface area contributed by atoms with Gasteiger partial charge in [-0.25, -0.2) is 0 Å². The first-order chi connectivity index (χ1) is 10.6. The van der Waals surface area contributed by atoms with E-state index in [1.54, 1.807) is 36.4 Å². The van der Waals surface area contributed by atoms with Crippen LogP contribution in [0.2, 0.25) is 0 Å². The van der Waals surface area contributed by atoms with Gasteiger partial charge in [0.15, 0.2) is 11.5 Å². The van der Waals surface area contributed by atoms with E-state index in [2.05, 4.69) is 5.32 Å². The first-order valence-corrected chi connectivity index (χ1v) is 7.13. The zero-order valence-corrected chi connectivity index (χ0v) is 12.5. The van der Waals surface area contributed by atoms with E-state index in [9.17, 15) is 15.3 Å². The molecule has 22 heavy (non-hydrogen) atoms. The standard InChI is InChI=1S/C17H21NO4/c1-22-17-10-12(2-7-15(17)20)8-9-18-11-16(21)13-3-5-14(19)6-4-13/h2-7,10,16,18-21H,8-9,11H2,1H3/t16-/m0/s1. The Morgan fingerprint density at radius 2 is 1.82 bits per heavy atom. The molecule has 118 valence electrons. The molecule has 0 unspecified atom stereocenters. The largest absolute Gasteiger partial charge is 0.508 e.